The molecule has 1 aromatic carbocycles. The van der Waals surface area contributed by atoms with Crippen LogP contribution in [0, 0.1) is 0 Å². The van der Waals surface area contributed by atoms with E-state index in [1.807, 2.05) is 0 Å². The van der Waals surface area contributed by atoms with E-state index in [1.165, 1.54) is 0 Å². The van der Waals surface area contributed by atoms with Crippen LogP contribution in [0.2, 0.25) is 0 Å². The number of carbonyl (C=O) groups is 1. The van der Waals surface area contributed by atoms with Crippen LogP contribution in [0.4, 0.5) is 11.4 Å². The molecule has 2 aliphatic rings. The van der Waals surface area contributed by atoms with E-state index in [2.05, 4.69) is 5.32 Å². The summed E-state index contributed by atoms with van der Waals surface area (Å²) in [5.74, 6) is 1.15. The summed E-state index contributed by atoms with van der Waals surface area (Å²) in [6.07, 6.45) is 3.52. The maximum absolute atomic E-state index is 11.9. The van der Waals surface area contributed by atoms with E-state index in [-0.39, 0.29) is 31.2 Å². The normalized spacial score (nSPS) is 19.1. The maximum atomic E-state index is 11.9. The molecule has 1 saturated heterocycles. The van der Waals surface area contributed by atoms with Crippen LogP contribution in [0.25, 0.3) is 0 Å². The molecule has 3 N–H and O–H groups in total. The zero-order valence-electron chi connectivity index (χ0n) is 11.6. The van der Waals surface area contributed by atoms with Gasteiger partial charge >= 0.3 is 0 Å². The third-order valence-corrected chi connectivity index (χ3v) is 3.54. The molecule has 1 aromatic rings. The van der Waals surface area contributed by atoms with Crippen molar-refractivity contribution in [3.05, 3.63) is 12.1 Å². The van der Waals surface area contributed by atoms with Crippen molar-refractivity contribution in [3.63, 3.8) is 0 Å². The Morgan fingerprint density at radius 2 is 2.10 bits per heavy atom. The molecule has 116 valence electrons. The minimum Gasteiger partial charge on any atom is -0.454 e. The van der Waals surface area contributed by atoms with Gasteiger partial charge in [0.05, 0.1) is 17.5 Å². The molecule has 0 aromatic heterocycles. The summed E-state index contributed by atoms with van der Waals surface area (Å²) in [6, 6.07) is 3.36. The number of hydrogen-bond donors (Lipinski definition) is 2. The summed E-state index contributed by atoms with van der Waals surface area (Å²) < 4.78 is 16.0. The van der Waals surface area contributed by atoms with Gasteiger partial charge in [-0.05, 0) is 19.3 Å². The Hall–Kier alpha value is -1.66. The molecule has 7 heteroatoms. The van der Waals surface area contributed by atoms with Gasteiger partial charge in [-0.25, -0.2) is 0 Å². The summed E-state index contributed by atoms with van der Waals surface area (Å²) in [7, 11) is 0. The first-order valence-electron chi connectivity index (χ1n) is 6.83. The van der Waals surface area contributed by atoms with Gasteiger partial charge in [-0.1, -0.05) is 0 Å². The second-order valence-corrected chi connectivity index (χ2v) is 5.01. The Labute approximate surface area is 129 Å². The Balaban J connectivity index is 0.00000161. The lowest BCUT2D eigenvalue weighted by molar-refractivity contribution is -0.116. The predicted octanol–water partition coefficient (Wildman–Crippen LogP) is 2.32. The molecule has 21 heavy (non-hydrogen) atoms. The molecular weight excluding hydrogens is 296 g/mol. The summed E-state index contributed by atoms with van der Waals surface area (Å²) in [5.41, 5.74) is 6.92. The molecule has 0 saturated carbocycles. The summed E-state index contributed by atoms with van der Waals surface area (Å²) in [5, 5.41) is 2.81. The zero-order chi connectivity index (χ0) is 13.9. The number of nitrogens with two attached hydrogens (primary N) is 1. The molecule has 3 rings (SSSR count). The van der Waals surface area contributed by atoms with Crippen LogP contribution in [0.15, 0.2) is 12.1 Å². The van der Waals surface area contributed by atoms with E-state index in [9.17, 15) is 4.79 Å². The van der Waals surface area contributed by atoms with Crippen molar-refractivity contribution >= 4 is 29.7 Å². The number of benzene rings is 1. The van der Waals surface area contributed by atoms with Gasteiger partial charge in [-0.15, -0.1) is 12.4 Å². The first-order chi connectivity index (χ1) is 9.72. The first-order valence-corrected chi connectivity index (χ1v) is 6.83. The lowest BCUT2D eigenvalue weighted by atomic mass is 10.1. The molecule has 1 amide bonds. The van der Waals surface area contributed by atoms with Crippen molar-refractivity contribution in [1.82, 2.24) is 0 Å². The van der Waals surface area contributed by atoms with Crippen molar-refractivity contribution in [2.24, 2.45) is 0 Å². The lowest BCUT2D eigenvalue weighted by Crippen LogP contribution is -2.16. The monoisotopic (exact) mass is 314 g/mol. The highest BCUT2D eigenvalue weighted by Crippen LogP contribution is 2.38. The topological polar surface area (TPSA) is 82.8 Å². The number of carbonyl (C=O) groups excluding carboxylic acids is 1. The van der Waals surface area contributed by atoms with E-state index < -0.39 is 0 Å². The van der Waals surface area contributed by atoms with Gasteiger partial charge in [0.1, 0.15) is 0 Å². The SMILES string of the molecule is Cl.Nc1cc2c(cc1NC(=O)CCC1CCCO1)OCO2. The van der Waals surface area contributed by atoms with Gasteiger partial charge in [0.25, 0.3) is 0 Å². The maximum Gasteiger partial charge on any atom is 0.231 e. The third-order valence-electron chi connectivity index (χ3n) is 3.54. The number of anilines is 2. The molecule has 1 unspecified atom stereocenters. The zero-order valence-corrected chi connectivity index (χ0v) is 12.4. The number of hydrogen-bond acceptors (Lipinski definition) is 5. The van der Waals surface area contributed by atoms with Crippen molar-refractivity contribution in [1.29, 1.82) is 0 Å². The van der Waals surface area contributed by atoms with Crippen molar-refractivity contribution in [2.75, 3.05) is 24.5 Å². The number of nitrogens with one attached hydrogen (secondary N) is 1. The fraction of sp³-hybridized carbons (Fsp3) is 0.500. The van der Waals surface area contributed by atoms with Crippen LogP contribution in [-0.2, 0) is 9.53 Å². The molecule has 6 nitrogen and oxygen atoms in total. The number of rotatable bonds is 4. The van der Waals surface area contributed by atoms with Crippen LogP contribution >= 0.6 is 12.4 Å². The third kappa shape index (κ3) is 3.71. The summed E-state index contributed by atoms with van der Waals surface area (Å²) in [6.45, 7) is 0.993. The highest BCUT2D eigenvalue weighted by Gasteiger charge is 2.19. The van der Waals surface area contributed by atoms with Gasteiger partial charge in [0, 0.05) is 25.2 Å². The average Bonchev–Trinajstić information content (AvgIpc) is 3.07. The minimum absolute atomic E-state index is 0. The average molecular weight is 315 g/mol. The van der Waals surface area contributed by atoms with E-state index >= 15 is 0 Å². The van der Waals surface area contributed by atoms with Crippen LogP contribution < -0.4 is 20.5 Å². The molecule has 1 fully saturated rings. The van der Waals surface area contributed by atoms with Crippen LogP contribution in [0.5, 0.6) is 11.5 Å². The second kappa shape index (κ2) is 6.87. The van der Waals surface area contributed by atoms with Crippen molar-refractivity contribution in [2.45, 2.75) is 31.8 Å². The predicted molar refractivity (Wildman–Crippen MR) is 81.1 cm³/mol. The highest BCUT2D eigenvalue weighted by molar-refractivity contribution is 5.94. The smallest absolute Gasteiger partial charge is 0.231 e. The second-order valence-electron chi connectivity index (χ2n) is 5.01. The number of nitrogen functional groups attached to an aromatic ring is 1. The highest BCUT2D eigenvalue weighted by atomic mass is 35.5. The van der Waals surface area contributed by atoms with Gasteiger partial charge in [-0.2, -0.15) is 0 Å². The molecule has 1 atom stereocenters. The molecule has 2 aliphatic heterocycles. The van der Waals surface area contributed by atoms with E-state index in [1.54, 1.807) is 12.1 Å². The fourth-order valence-electron chi connectivity index (χ4n) is 2.44. The molecule has 0 bridgehead atoms. The van der Waals surface area contributed by atoms with E-state index in [0.717, 1.165) is 25.9 Å². The molecule has 0 spiro atoms. The Morgan fingerprint density at radius 1 is 1.33 bits per heavy atom. The van der Waals surface area contributed by atoms with Crippen molar-refractivity contribution in [3.8, 4) is 11.5 Å². The van der Waals surface area contributed by atoms with Gasteiger partial charge in [0.15, 0.2) is 11.5 Å². The summed E-state index contributed by atoms with van der Waals surface area (Å²) >= 11 is 0. The number of amides is 1. The lowest BCUT2D eigenvalue weighted by Gasteiger charge is -2.11. The van der Waals surface area contributed by atoms with Crippen molar-refractivity contribution < 1.29 is 19.0 Å². The molecule has 2 heterocycles. The molecule has 0 radical (unpaired) electrons. The standard InChI is InChI=1S/C14H18N2O4.ClH/c15-10-6-12-13(20-8-19-12)7-11(10)16-14(17)4-3-9-2-1-5-18-9;/h6-7,9H,1-5,8,15H2,(H,16,17);1H. The fourth-order valence-corrected chi connectivity index (χ4v) is 2.44. The number of fused-ring (bicyclic) bond motifs is 1. The van der Waals surface area contributed by atoms with Crippen LogP contribution in [0.3, 0.4) is 0 Å². The molecular formula is C14H19ClN2O4. The van der Waals surface area contributed by atoms with Gasteiger partial charge < -0.3 is 25.3 Å². The quantitative estimate of drug-likeness (QED) is 0.833. The first kappa shape index (κ1) is 15.7. The van der Waals surface area contributed by atoms with E-state index in [0.29, 0.717) is 29.3 Å². The van der Waals surface area contributed by atoms with Crippen LogP contribution in [0.1, 0.15) is 25.7 Å². The minimum atomic E-state index is -0.0638. The van der Waals surface area contributed by atoms with Gasteiger partial charge in [-0.3, -0.25) is 4.79 Å². The Morgan fingerprint density at radius 3 is 2.81 bits per heavy atom. The Kier molecular flexibility index (Phi) is 5.14. The molecule has 0 aliphatic carbocycles. The Bertz CT molecular complexity index is 518. The van der Waals surface area contributed by atoms with E-state index in [4.69, 9.17) is 19.9 Å². The van der Waals surface area contributed by atoms with Gasteiger partial charge in [0.2, 0.25) is 12.7 Å². The summed E-state index contributed by atoms with van der Waals surface area (Å²) in [4.78, 5) is 11.9. The number of ether oxygens (including phenoxy) is 3. The van der Waals surface area contributed by atoms with Crippen LogP contribution in [-0.4, -0.2) is 25.4 Å². The largest absolute Gasteiger partial charge is 0.454 e. The number of halogens is 1.